The summed E-state index contributed by atoms with van der Waals surface area (Å²) in [6.45, 7) is 0.218. The molecule has 0 aliphatic carbocycles. The van der Waals surface area contributed by atoms with Gasteiger partial charge in [0.05, 0.1) is 10.6 Å². The molecule has 4 N–H and O–H groups in total. The topological polar surface area (TPSA) is 75.4 Å². The van der Waals surface area contributed by atoms with E-state index in [4.69, 9.17) is 17.3 Å². The molecule has 4 nitrogen and oxygen atoms in total. The van der Waals surface area contributed by atoms with Gasteiger partial charge in [0.15, 0.2) is 11.6 Å². The van der Waals surface area contributed by atoms with Crippen molar-refractivity contribution >= 4 is 23.2 Å². The van der Waals surface area contributed by atoms with E-state index in [0.29, 0.717) is 11.3 Å². The Morgan fingerprint density at radius 3 is 2.75 bits per heavy atom. The predicted molar refractivity (Wildman–Crippen MR) is 75.4 cm³/mol. The number of halogens is 2. The molecule has 0 atom stereocenters. The molecule has 20 heavy (non-hydrogen) atoms. The zero-order valence-electron chi connectivity index (χ0n) is 10.4. The normalized spacial score (nSPS) is 10.3. The lowest BCUT2D eigenvalue weighted by Gasteiger charge is -2.10. The molecule has 0 unspecified atom stereocenters. The fraction of sp³-hybridized carbons (Fsp3) is 0.0714. The zero-order chi connectivity index (χ0) is 14.7. The predicted octanol–water partition coefficient (Wildman–Crippen LogP) is 2.90. The van der Waals surface area contributed by atoms with Gasteiger partial charge in [-0.3, -0.25) is 4.79 Å². The first-order chi connectivity index (χ1) is 9.49. The molecule has 0 saturated carbocycles. The van der Waals surface area contributed by atoms with Gasteiger partial charge < -0.3 is 16.2 Å². The van der Waals surface area contributed by atoms with Crippen LogP contribution in [0.15, 0.2) is 36.4 Å². The van der Waals surface area contributed by atoms with Crippen molar-refractivity contribution in [1.29, 1.82) is 0 Å². The Hall–Kier alpha value is -2.27. The first kappa shape index (κ1) is 14.1. The first-order valence-corrected chi connectivity index (χ1v) is 6.16. The number of anilines is 1. The smallest absolute Gasteiger partial charge is 0.250 e. The molecular formula is C14H12ClFN2O2. The van der Waals surface area contributed by atoms with Crippen molar-refractivity contribution < 1.29 is 14.3 Å². The van der Waals surface area contributed by atoms with E-state index in [1.54, 1.807) is 12.1 Å². The Bertz CT molecular complexity index is 662. The van der Waals surface area contributed by atoms with Crippen LogP contribution in [0, 0.1) is 5.82 Å². The Balaban J connectivity index is 2.13. The number of hydrogen-bond donors (Lipinski definition) is 3. The minimum atomic E-state index is -0.675. The number of aromatic hydroxyl groups is 1. The van der Waals surface area contributed by atoms with Crippen LogP contribution in [0.5, 0.6) is 5.75 Å². The van der Waals surface area contributed by atoms with Crippen LogP contribution in [-0.2, 0) is 6.54 Å². The van der Waals surface area contributed by atoms with Crippen LogP contribution in [0.4, 0.5) is 10.1 Å². The van der Waals surface area contributed by atoms with E-state index < -0.39 is 11.7 Å². The second-order valence-corrected chi connectivity index (χ2v) is 4.57. The Morgan fingerprint density at radius 1 is 1.35 bits per heavy atom. The van der Waals surface area contributed by atoms with Crippen LogP contribution in [0.3, 0.4) is 0 Å². The maximum Gasteiger partial charge on any atom is 0.250 e. The molecule has 2 rings (SSSR count). The van der Waals surface area contributed by atoms with Gasteiger partial charge in [0.2, 0.25) is 5.91 Å². The molecule has 2 aromatic carbocycles. The van der Waals surface area contributed by atoms with E-state index in [2.05, 4.69) is 5.32 Å². The Morgan fingerprint density at radius 2 is 2.10 bits per heavy atom. The number of carbonyl (C=O) groups excluding carboxylic acids is 1. The van der Waals surface area contributed by atoms with Gasteiger partial charge in [0.1, 0.15) is 0 Å². The third-order valence-corrected chi connectivity index (χ3v) is 3.10. The molecule has 0 aliphatic rings. The minimum Gasteiger partial charge on any atom is -0.505 e. The van der Waals surface area contributed by atoms with Crippen molar-refractivity contribution in [3.05, 3.63) is 58.4 Å². The van der Waals surface area contributed by atoms with Crippen LogP contribution in [-0.4, -0.2) is 11.0 Å². The van der Waals surface area contributed by atoms with Crippen molar-refractivity contribution in [2.24, 2.45) is 5.73 Å². The summed E-state index contributed by atoms with van der Waals surface area (Å²) >= 11 is 5.91. The Kier molecular flexibility index (Phi) is 4.10. The van der Waals surface area contributed by atoms with Crippen LogP contribution < -0.4 is 11.1 Å². The van der Waals surface area contributed by atoms with Gasteiger partial charge in [-0.05, 0) is 24.3 Å². The summed E-state index contributed by atoms with van der Waals surface area (Å²) in [6, 6.07) is 8.95. The molecular weight excluding hydrogens is 283 g/mol. The summed E-state index contributed by atoms with van der Waals surface area (Å²) in [5, 5.41) is 12.7. The van der Waals surface area contributed by atoms with E-state index >= 15 is 0 Å². The fourth-order valence-electron chi connectivity index (χ4n) is 1.72. The van der Waals surface area contributed by atoms with E-state index in [9.17, 15) is 14.3 Å². The number of hydrogen-bond acceptors (Lipinski definition) is 3. The summed E-state index contributed by atoms with van der Waals surface area (Å²) < 4.78 is 13.2. The monoisotopic (exact) mass is 294 g/mol. The summed E-state index contributed by atoms with van der Waals surface area (Å²) in [5.74, 6) is -1.67. The number of nitrogens with two attached hydrogens (primary N) is 1. The molecule has 0 bridgehead atoms. The van der Waals surface area contributed by atoms with E-state index in [-0.39, 0.29) is 22.9 Å². The third-order valence-electron chi connectivity index (χ3n) is 2.79. The van der Waals surface area contributed by atoms with Crippen molar-refractivity contribution in [1.82, 2.24) is 0 Å². The highest BCUT2D eigenvalue weighted by Crippen LogP contribution is 2.24. The van der Waals surface area contributed by atoms with Gasteiger partial charge >= 0.3 is 0 Å². The highest BCUT2D eigenvalue weighted by Gasteiger charge is 2.09. The second-order valence-electron chi connectivity index (χ2n) is 4.16. The number of para-hydroxylation sites is 1. The highest BCUT2D eigenvalue weighted by atomic mass is 35.5. The minimum absolute atomic E-state index is 0.218. The van der Waals surface area contributed by atoms with E-state index in [0.717, 1.165) is 0 Å². The summed E-state index contributed by atoms with van der Waals surface area (Å²) in [6.07, 6.45) is 0. The number of phenols is 1. The summed E-state index contributed by atoms with van der Waals surface area (Å²) in [5.41, 5.74) is 6.42. The van der Waals surface area contributed by atoms with Crippen LogP contribution in [0.2, 0.25) is 5.02 Å². The van der Waals surface area contributed by atoms with E-state index in [1.165, 1.54) is 24.3 Å². The molecule has 0 fully saturated rings. The van der Waals surface area contributed by atoms with Gasteiger partial charge in [0.25, 0.3) is 0 Å². The van der Waals surface area contributed by atoms with Gasteiger partial charge in [-0.25, -0.2) is 4.39 Å². The molecule has 0 radical (unpaired) electrons. The van der Waals surface area contributed by atoms with Gasteiger partial charge in [-0.1, -0.05) is 23.7 Å². The molecule has 2 aromatic rings. The fourth-order valence-corrected chi connectivity index (χ4v) is 2.00. The van der Waals surface area contributed by atoms with Gasteiger partial charge in [0, 0.05) is 17.8 Å². The largest absolute Gasteiger partial charge is 0.505 e. The highest BCUT2D eigenvalue weighted by molar-refractivity contribution is 6.34. The molecule has 0 heterocycles. The lowest BCUT2D eigenvalue weighted by molar-refractivity contribution is 0.100. The molecule has 0 spiro atoms. The maximum absolute atomic E-state index is 13.2. The quantitative estimate of drug-likeness (QED) is 0.811. The maximum atomic E-state index is 13.2. The summed E-state index contributed by atoms with van der Waals surface area (Å²) in [7, 11) is 0. The van der Waals surface area contributed by atoms with Crippen LogP contribution in [0.25, 0.3) is 0 Å². The number of phenolic OH excluding ortho intramolecular Hbond substituents is 1. The van der Waals surface area contributed by atoms with Crippen LogP contribution in [0.1, 0.15) is 15.9 Å². The van der Waals surface area contributed by atoms with Crippen molar-refractivity contribution in [3.8, 4) is 5.75 Å². The molecule has 0 aliphatic heterocycles. The average molecular weight is 295 g/mol. The summed E-state index contributed by atoms with van der Waals surface area (Å²) in [4.78, 5) is 11.0. The van der Waals surface area contributed by atoms with Crippen LogP contribution >= 0.6 is 11.6 Å². The lowest BCUT2D eigenvalue weighted by Crippen LogP contribution is -2.11. The number of carbonyl (C=O) groups is 1. The third kappa shape index (κ3) is 3.00. The van der Waals surface area contributed by atoms with Crippen molar-refractivity contribution in [2.45, 2.75) is 6.54 Å². The van der Waals surface area contributed by atoms with E-state index in [1.807, 2.05) is 0 Å². The van der Waals surface area contributed by atoms with Crippen molar-refractivity contribution in [2.75, 3.05) is 5.32 Å². The van der Waals surface area contributed by atoms with Crippen molar-refractivity contribution in [3.63, 3.8) is 0 Å². The molecule has 6 heteroatoms. The van der Waals surface area contributed by atoms with Gasteiger partial charge in [-0.2, -0.15) is 0 Å². The standard InChI is InChI=1S/C14H12ClFN2O2/c15-11-6-9(4-5-10(11)14(17)20)18-7-8-2-1-3-12(16)13(8)19/h1-6,18-19H,7H2,(H2,17,20). The van der Waals surface area contributed by atoms with Gasteiger partial charge in [-0.15, -0.1) is 0 Å². The molecule has 104 valence electrons. The second kappa shape index (κ2) is 5.79. The molecule has 0 aromatic heterocycles. The number of amides is 1. The SMILES string of the molecule is NC(=O)c1ccc(NCc2cccc(F)c2O)cc1Cl. The number of primary amides is 1. The number of nitrogens with one attached hydrogen (secondary N) is 1. The molecule has 1 amide bonds. The number of benzene rings is 2. The Labute approximate surface area is 120 Å². The average Bonchev–Trinajstić information content (AvgIpc) is 2.40. The molecule has 0 saturated heterocycles. The zero-order valence-corrected chi connectivity index (χ0v) is 11.1. The lowest BCUT2D eigenvalue weighted by atomic mass is 10.1. The first-order valence-electron chi connectivity index (χ1n) is 5.78. The number of rotatable bonds is 4.